The first kappa shape index (κ1) is 20.0. The van der Waals surface area contributed by atoms with Gasteiger partial charge in [-0.15, -0.1) is 0 Å². The summed E-state index contributed by atoms with van der Waals surface area (Å²) in [5.74, 6) is -1.54. The van der Waals surface area contributed by atoms with E-state index < -0.39 is 11.9 Å². The molecule has 0 spiro atoms. The van der Waals surface area contributed by atoms with E-state index in [-0.39, 0.29) is 22.4 Å². The SMILES string of the molecule is CC(C)(C)CC(C)(C)N/C=C(/C#N)C(=O)N1CCC(C(=O)O)CC1. The van der Waals surface area contributed by atoms with Crippen molar-refractivity contribution in [1.82, 2.24) is 10.2 Å². The fourth-order valence-electron chi connectivity index (χ4n) is 3.29. The van der Waals surface area contributed by atoms with Crippen molar-refractivity contribution < 1.29 is 14.7 Å². The van der Waals surface area contributed by atoms with Gasteiger partial charge in [-0.2, -0.15) is 5.26 Å². The molecule has 6 nitrogen and oxygen atoms in total. The molecule has 6 heteroatoms. The third-order valence-corrected chi connectivity index (χ3v) is 4.06. The highest BCUT2D eigenvalue weighted by Crippen LogP contribution is 2.27. The number of piperidine rings is 1. The molecule has 0 aromatic heterocycles. The molecule has 1 aliphatic rings. The molecule has 1 heterocycles. The summed E-state index contributed by atoms with van der Waals surface area (Å²) >= 11 is 0. The van der Waals surface area contributed by atoms with Crippen molar-refractivity contribution in [2.75, 3.05) is 13.1 Å². The number of carboxylic acids is 1. The predicted octanol–water partition coefficient (Wildman–Crippen LogP) is 2.52. The van der Waals surface area contributed by atoms with Crippen LogP contribution in [0.1, 0.15) is 53.9 Å². The summed E-state index contributed by atoms with van der Waals surface area (Å²) in [6.07, 6.45) is 3.25. The number of carbonyl (C=O) groups is 2. The second-order valence-electron chi connectivity index (χ2n) is 8.34. The van der Waals surface area contributed by atoms with Crippen molar-refractivity contribution in [2.24, 2.45) is 11.3 Å². The Hall–Kier alpha value is -2.03. The van der Waals surface area contributed by atoms with Crippen molar-refractivity contribution in [3.05, 3.63) is 11.8 Å². The van der Waals surface area contributed by atoms with Gasteiger partial charge >= 0.3 is 5.97 Å². The van der Waals surface area contributed by atoms with E-state index in [1.165, 1.54) is 6.20 Å². The highest BCUT2D eigenvalue weighted by Gasteiger charge is 2.29. The Labute approximate surface area is 144 Å². The Morgan fingerprint density at radius 2 is 1.79 bits per heavy atom. The van der Waals surface area contributed by atoms with Gasteiger partial charge in [0.25, 0.3) is 5.91 Å². The van der Waals surface area contributed by atoms with E-state index >= 15 is 0 Å². The molecule has 0 bridgehead atoms. The molecule has 0 saturated carbocycles. The van der Waals surface area contributed by atoms with Gasteiger partial charge in [-0.1, -0.05) is 20.8 Å². The van der Waals surface area contributed by atoms with Crippen LogP contribution in [-0.4, -0.2) is 40.5 Å². The topological polar surface area (TPSA) is 93.4 Å². The largest absolute Gasteiger partial charge is 0.481 e. The standard InChI is InChI=1S/C18H29N3O3/c1-17(2,3)12-18(4,5)20-11-14(10-19)15(22)21-8-6-13(7-9-21)16(23)24/h11,13,20H,6-9,12H2,1-5H3,(H,23,24)/b14-11-. The third kappa shape index (κ3) is 6.23. The lowest BCUT2D eigenvalue weighted by molar-refractivity contribution is -0.145. The first-order chi connectivity index (χ1) is 10.9. The van der Waals surface area contributed by atoms with Crippen LogP contribution in [0.5, 0.6) is 0 Å². The molecule has 0 aromatic carbocycles. The predicted molar refractivity (Wildman–Crippen MR) is 91.9 cm³/mol. The van der Waals surface area contributed by atoms with E-state index in [1.54, 1.807) is 4.90 Å². The molecular formula is C18H29N3O3. The van der Waals surface area contributed by atoms with Gasteiger partial charge in [0.1, 0.15) is 11.6 Å². The molecule has 2 N–H and O–H groups in total. The molecule has 0 atom stereocenters. The quantitative estimate of drug-likeness (QED) is 0.595. The summed E-state index contributed by atoms with van der Waals surface area (Å²) in [5.41, 5.74) is -0.0534. The number of carbonyl (C=O) groups excluding carboxylic acids is 1. The van der Waals surface area contributed by atoms with Crippen LogP contribution in [0.25, 0.3) is 0 Å². The second kappa shape index (κ2) is 7.69. The van der Waals surface area contributed by atoms with E-state index in [0.717, 1.165) is 6.42 Å². The number of hydrogen-bond acceptors (Lipinski definition) is 4. The molecule has 1 rings (SSSR count). The highest BCUT2D eigenvalue weighted by atomic mass is 16.4. The van der Waals surface area contributed by atoms with Crippen molar-refractivity contribution >= 4 is 11.9 Å². The molecule has 0 unspecified atom stereocenters. The van der Waals surface area contributed by atoms with Crippen LogP contribution in [0.2, 0.25) is 0 Å². The monoisotopic (exact) mass is 335 g/mol. The molecule has 24 heavy (non-hydrogen) atoms. The van der Waals surface area contributed by atoms with Crippen LogP contribution in [-0.2, 0) is 9.59 Å². The van der Waals surface area contributed by atoms with Crippen LogP contribution in [0, 0.1) is 22.7 Å². The van der Waals surface area contributed by atoms with Gasteiger partial charge < -0.3 is 15.3 Å². The highest BCUT2D eigenvalue weighted by molar-refractivity contribution is 5.97. The van der Waals surface area contributed by atoms with E-state index in [2.05, 4.69) is 26.1 Å². The zero-order valence-corrected chi connectivity index (χ0v) is 15.3. The number of amides is 1. The fourth-order valence-corrected chi connectivity index (χ4v) is 3.29. The van der Waals surface area contributed by atoms with Gasteiger partial charge in [-0.25, -0.2) is 0 Å². The minimum Gasteiger partial charge on any atom is -0.481 e. The zero-order valence-electron chi connectivity index (χ0n) is 15.3. The maximum Gasteiger partial charge on any atom is 0.306 e. The van der Waals surface area contributed by atoms with Gasteiger partial charge in [0.15, 0.2) is 0 Å². The van der Waals surface area contributed by atoms with Crippen molar-refractivity contribution in [2.45, 2.75) is 59.4 Å². The van der Waals surface area contributed by atoms with E-state index in [4.69, 9.17) is 5.11 Å². The maximum absolute atomic E-state index is 12.5. The number of nitrogens with zero attached hydrogens (tertiary/aromatic N) is 2. The Balaban J connectivity index is 2.71. The van der Waals surface area contributed by atoms with Crippen LogP contribution in [0.3, 0.4) is 0 Å². The van der Waals surface area contributed by atoms with E-state index in [9.17, 15) is 14.9 Å². The second-order valence-corrected chi connectivity index (χ2v) is 8.34. The zero-order chi connectivity index (χ0) is 18.5. The van der Waals surface area contributed by atoms with E-state index in [0.29, 0.717) is 25.9 Å². The summed E-state index contributed by atoms with van der Waals surface area (Å²) in [5, 5.41) is 21.5. The maximum atomic E-state index is 12.5. The van der Waals surface area contributed by atoms with Crippen LogP contribution in [0.15, 0.2) is 11.8 Å². The number of hydrogen-bond donors (Lipinski definition) is 2. The lowest BCUT2D eigenvalue weighted by Gasteiger charge is -2.33. The van der Waals surface area contributed by atoms with Crippen molar-refractivity contribution in [3.8, 4) is 6.07 Å². The third-order valence-electron chi connectivity index (χ3n) is 4.06. The van der Waals surface area contributed by atoms with Gasteiger partial charge in [0.05, 0.1) is 5.92 Å². The van der Waals surface area contributed by atoms with Crippen molar-refractivity contribution in [3.63, 3.8) is 0 Å². The van der Waals surface area contributed by atoms with Crippen LogP contribution >= 0.6 is 0 Å². The average Bonchev–Trinajstić information content (AvgIpc) is 2.45. The van der Waals surface area contributed by atoms with Gasteiger partial charge in [-0.3, -0.25) is 9.59 Å². The lowest BCUT2D eigenvalue weighted by Crippen LogP contribution is -2.42. The summed E-state index contributed by atoms with van der Waals surface area (Å²) < 4.78 is 0. The first-order valence-electron chi connectivity index (χ1n) is 8.35. The van der Waals surface area contributed by atoms with Gasteiger partial charge in [0.2, 0.25) is 0 Å². The van der Waals surface area contributed by atoms with Gasteiger partial charge in [0, 0.05) is 24.8 Å². The minimum atomic E-state index is -0.816. The molecule has 1 aliphatic heterocycles. The Kier molecular flexibility index (Phi) is 6.42. The summed E-state index contributed by atoms with van der Waals surface area (Å²) in [6, 6.07) is 1.96. The molecule has 1 amide bonds. The molecule has 0 radical (unpaired) electrons. The van der Waals surface area contributed by atoms with Crippen LogP contribution < -0.4 is 5.32 Å². The fraction of sp³-hybridized carbons (Fsp3) is 0.722. The number of carboxylic acid groups (broad SMARTS) is 1. The van der Waals surface area contributed by atoms with Crippen molar-refractivity contribution in [1.29, 1.82) is 5.26 Å². The molecule has 0 aromatic rings. The summed E-state index contributed by atoms with van der Waals surface area (Å²) in [4.78, 5) is 25.0. The first-order valence-corrected chi connectivity index (χ1v) is 8.35. The van der Waals surface area contributed by atoms with Crippen LogP contribution in [0.4, 0.5) is 0 Å². The van der Waals surface area contributed by atoms with Gasteiger partial charge in [-0.05, 0) is 38.5 Å². The summed E-state index contributed by atoms with van der Waals surface area (Å²) in [6.45, 7) is 11.2. The minimum absolute atomic E-state index is 0.0609. The molecule has 1 saturated heterocycles. The lowest BCUT2D eigenvalue weighted by atomic mass is 9.82. The molecule has 1 fully saturated rings. The Bertz CT molecular complexity index is 545. The Morgan fingerprint density at radius 3 is 2.21 bits per heavy atom. The number of nitriles is 1. The average molecular weight is 335 g/mol. The van der Waals surface area contributed by atoms with E-state index in [1.807, 2.05) is 19.9 Å². The Morgan fingerprint density at radius 1 is 1.25 bits per heavy atom. The molecule has 0 aliphatic carbocycles. The molecule has 134 valence electrons. The number of likely N-dealkylation sites (tertiary alicyclic amines) is 1. The number of nitrogens with one attached hydrogen (secondary N) is 1. The number of rotatable bonds is 5. The normalized spacial score (nSPS) is 17.3. The number of aliphatic carboxylic acids is 1. The molecular weight excluding hydrogens is 306 g/mol. The summed E-state index contributed by atoms with van der Waals surface area (Å²) in [7, 11) is 0. The smallest absolute Gasteiger partial charge is 0.306 e.